The van der Waals surface area contributed by atoms with Crippen LogP contribution < -0.4 is 19.5 Å². The fraction of sp³-hybridized carbons (Fsp3) is 0.286. The second-order valence-electron chi connectivity index (χ2n) is 7.43. The van der Waals surface area contributed by atoms with Gasteiger partial charge < -0.3 is 29.4 Å². The number of rotatable bonds is 7. The van der Waals surface area contributed by atoms with Crippen LogP contribution in [0.4, 0.5) is 21.6 Å². The number of hydrogen-bond donors (Lipinski definition) is 3. The summed E-state index contributed by atoms with van der Waals surface area (Å²) in [5, 5.41) is 13.7. The summed E-state index contributed by atoms with van der Waals surface area (Å²) in [7, 11) is -1.01. The summed E-state index contributed by atoms with van der Waals surface area (Å²) >= 11 is 0. The summed E-state index contributed by atoms with van der Waals surface area (Å²) in [6.07, 6.45) is 1.42. The molecule has 0 aliphatic carbocycles. The lowest BCUT2D eigenvalue weighted by molar-refractivity contribution is 0.0736. The van der Waals surface area contributed by atoms with Crippen LogP contribution in [0.1, 0.15) is 0 Å². The molecule has 2 aromatic carbocycles. The van der Waals surface area contributed by atoms with Gasteiger partial charge in [-0.05, 0) is 24.1 Å². The van der Waals surface area contributed by atoms with Gasteiger partial charge in [-0.25, -0.2) is 18.6 Å². The Morgan fingerprint density at radius 1 is 1.25 bits per heavy atom. The molecule has 1 saturated heterocycles. The zero-order valence-electron chi connectivity index (χ0n) is 17.5. The standard InChI is InChI=1S/C21H23FN4O5S/c1-29-18-8-13(26-32(2,3)28)7-15-20(18)21(24-11-23-15)25-14-5-4-12(22)6-17(14)31-19-10-30-9-16(19)27/h4-8,11,16,19,27H,2,9-10H2,1,3H3,(H,26,28)(H,23,24,25). The van der Waals surface area contributed by atoms with Gasteiger partial charge in [-0.1, -0.05) is 0 Å². The van der Waals surface area contributed by atoms with Gasteiger partial charge in [0, 0.05) is 28.1 Å². The lowest BCUT2D eigenvalue weighted by Gasteiger charge is -2.19. The number of nitrogens with zero attached hydrogens (tertiary/aromatic N) is 2. The van der Waals surface area contributed by atoms with Crippen LogP contribution in [0.5, 0.6) is 11.5 Å². The molecular formula is C21H23FN4O5S. The predicted molar refractivity (Wildman–Crippen MR) is 122 cm³/mol. The molecule has 3 unspecified atom stereocenters. The topological polar surface area (TPSA) is 115 Å². The molecule has 1 fully saturated rings. The molecule has 1 aliphatic rings. The number of fused-ring (bicyclic) bond motifs is 1. The summed E-state index contributed by atoms with van der Waals surface area (Å²) in [4.78, 5) is 8.60. The minimum absolute atomic E-state index is 0.157. The van der Waals surface area contributed by atoms with Gasteiger partial charge in [0.25, 0.3) is 0 Å². The molecular weight excluding hydrogens is 439 g/mol. The van der Waals surface area contributed by atoms with Gasteiger partial charge in [0.1, 0.15) is 35.6 Å². The van der Waals surface area contributed by atoms with Gasteiger partial charge in [0.15, 0.2) is 6.10 Å². The van der Waals surface area contributed by atoms with Crippen LogP contribution >= 0.6 is 0 Å². The maximum absolute atomic E-state index is 13.9. The second-order valence-corrected chi connectivity index (χ2v) is 9.64. The van der Waals surface area contributed by atoms with E-state index in [4.69, 9.17) is 14.2 Å². The Kier molecular flexibility index (Phi) is 6.04. The first-order chi connectivity index (χ1) is 15.2. The zero-order chi connectivity index (χ0) is 22.9. The average Bonchev–Trinajstić information content (AvgIpc) is 3.12. The first-order valence-electron chi connectivity index (χ1n) is 9.65. The van der Waals surface area contributed by atoms with Gasteiger partial charge in [0.05, 0.1) is 42.6 Å². The monoisotopic (exact) mass is 462 g/mol. The molecule has 32 heavy (non-hydrogen) atoms. The maximum atomic E-state index is 13.9. The van der Waals surface area contributed by atoms with Crippen LogP contribution in [-0.4, -0.2) is 63.9 Å². The van der Waals surface area contributed by atoms with E-state index >= 15 is 0 Å². The normalized spacial score (nSPS) is 20.0. The molecule has 3 atom stereocenters. The third kappa shape index (κ3) is 4.85. The summed E-state index contributed by atoms with van der Waals surface area (Å²) in [6.45, 7) is 0.355. The Balaban J connectivity index is 1.73. The molecule has 0 amide bonds. The van der Waals surface area contributed by atoms with Crippen LogP contribution in [0.15, 0.2) is 36.7 Å². The fourth-order valence-electron chi connectivity index (χ4n) is 3.34. The summed E-state index contributed by atoms with van der Waals surface area (Å²) in [5.41, 5.74) is 1.49. The Labute approximate surface area is 184 Å². The third-order valence-corrected chi connectivity index (χ3v) is 5.40. The van der Waals surface area contributed by atoms with Crippen LogP contribution in [-0.2, 0) is 14.4 Å². The Hall–Kier alpha value is -3.15. The minimum atomic E-state index is -2.50. The molecule has 170 valence electrons. The largest absolute Gasteiger partial charge is 0.496 e. The molecule has 0 bridgehead atoms. The molecule has 1 aromatic heterocycles. The van der Waals surface area contributed by atoms with Crippen molar-refractivity contribution in [1.29, 1.82) is 0 Å². The lowest BCUT2D eigenvalue weighted by atomic mass is 10.2. The predicted octanol–water partition coefficient (Wildman–Crippen LogP) is 2.33. The smallest absolute Gasteiger partial charge is 0.150 e. The van der Waals surface area contributed by atoms with Crippen molar-refractivity contribution in [3.05, 3.63) is 42.5 Å². The number of ether oxygens (including phenoxy) is 3. The Morgan fingerprint density at radius 3 is 2.75 bits per heavy atom. The van der Waals surface area contributed by atoms with Crippen LogP contribution in [0, 0.1) is 5.82 Å². The van der Waals surface area contributed by atoms with Crippen molar-refractivity contribution >= 4 is 43.7 Å². The number of anilines is 3. The Bertz CT molecular complexity index is 1250. The number of aliphatic hydroxyl groups is 1. The van der Waals surface area contributed by atoms with E-state index in [0.29, 0.717) is 33.8 Å². The number of halogens is 1. The number of aromatic nitrogens is 2. The van der Waals surface area contributed by atoms with Gasteiger partial charge in [-0.15, -0.1) is 0 Å². The lowest BCUT2D eigenvalue weighted by Crippen LogP contribution is -2.30. The highest BCUT2D eigenvalue weighted by atomic mass is 32.2. The number of nitrogens with one attached hydrogen (secondary N) is 2. The van der Waals surface area contributed by atoms with E-state index in [2.05, 4.69) is 25.9 Å². The summed E-state index contributed by atoms with van der Waals surface area (Å²) in [5.74, 6) is 4.13. The van der Waals surface area contributed by atoms with Gasteiger partial charge in [-0.2, -0.15) is 0 Å². The number of benzene rings is 2. The molecule has 0 radical (unpaired) electrons. The molecule has 9 nitrogen and oxygen atoms in total. The summed E-state index contributed by atoms with van der Waals surface area (Å²) in [6, 6.07) is 7.39. The first-order valence-corrected chi connectivity index (χ1v) is 11.8. The van der Waals surface area contributed by atoms with E-state index in [9.17, 15) is 13.7 Å². The second kappa shape index (κ2) is 8.77. The van der Waals surface area contributed by atoms with Gasteiger partial charge in [0.2, 0.25) is 0 Å². The van der Waals surface area contributed by atoms with Crippen molar-refractivity contribution in [3.8, 4) is 11.5 Å². The van der Waals surface area contributed by atoms with Crippen LogP contribution in [0.2, 0.25) is 0 Å². The quantitative estimate of drug-likeness (QED) is 0.459. The van der Waals surface area contributed by atoms with E-state index in [1.165, 1.54) is 37.9 Å². The number of hydrogen-bond acceptors (Lipinski definition) is 8. The molecule has 3 N–H and O–H groups in total. The molecule has 2 heterocycles. The number of aliphatic hydroxyl groups excluding tert-OH is 1. The van der Waals surface area contributed by atoms with E-state index in [1.807, 2.05) is 0 Å². The highest BCUT2D eigenvalue weighted by molar-refractivity contribution is 8.00. The summed E-state index contributed by atoms with van der Waals surface area (Å²) < 4.78 is 45.3. The molecule has 0 saturated carbocycles. The van der Waals surface area contributed by atoms with E-state index in [1.54, 1.807) is 12.1 Å². The van der Waals surface area contributed by atoms with Crippen molar-refractivity contribution in [2.75, 3.05) is 36.6 Å². The van der Waals surface area contributed by atoms with E-state index < -0.39 is 27.7 Å². The molecule has 3 aromatic rings. The molecule has 1 aliphatic heterocycles. The van der Waals surface area contributed by atoms with Crippen molar-refractivity contribution in [2.45, 2.75) is 12.2 Å². The number of methoxy groups -OCH3 is 1. The van der Waals surface area contributed by atoms with Crippen molar-refractivity contribution in [3.63, 3.8) is 0 Å². The van der Waals surface area contributed by atoms with E-state index in [-0.39, 0.29) is 19.0 Å². The average molecular weight is 463 g/mol. The maximum Gasteiger partial charge on any atom is 0.150 e. The Morgan fingerprint density at radius 2 is 2.06 bits per heavy atom. The molecule has 0 spiro atoms. The molecule has 4 rings (SSSR count). The highest BCUT2D eigenvalue weighted by Gasteiger charge is 2.29. The van der Waals surface area contributed by atoms with Gasteiger partial charge >= 0.3 is 0 Å². The first kappa shape index (κ1) is 22.1. The van der Waals surface area contributed by atoms with Crippen molar-refractivity contribution < 1.29 is 27.9 Å². The van der Waals surface area contributed by atoms with Crippen molar-refractivity contribution in [2.24, 2.45) is 0 Å². The molecule has 11 heteroatoms. The van der Waals surface area contributed by atoms with Crippen LogP contribution in [0.25, 0.3) is 10.9 Å². The fourth-order valence-corrected chi connectivity index (χ4v) is 3.96. The van der Waals surface area contributed by atoms with Crippen molar-refractivity contribution in [1.82, 2.24) is 9.97 Å². The highest BCUT2D eigenvalue weighted by Crippen LogP contribution is 2.37. The van der Waals surface area contributed by atoms with Gasteiger partial charge in [-0.3, -0.25) is 0 Å². The third-order valence-electron chi connectivity index (χ3n) is 4.73. The SMILES string of the molecule is C=S(C)(=O)Nc1cc(OC)c2c(Nc3ccc(F)cc3OC3COCC3O)ncnc2c1. The van der Waals surface area contributed by atoms with Crippen LogP contribution in [0.3, 0.4) is 0 Å². The minimum Gasteiger partial charge on any atom is -0.496 e. The zero-order valence-corrected chi connectivity index (χ0v) is 18.3. The van der Waals surface area contributed by atoms with E-state index in [0.717, 1.165) is 0 Å².